The Balaban J connectivity index is 1.99. The van der Waals surface area contributed by atoms with Crippen LogP contribution in [0.3, 0.4) is 0 Å². The molecule has 0 aliphatic rings. The number of hydrogen-bond donors (Lipinski definition) is 0. The second-order valence-electron chi connectivity index (χ2n) is 5.93. The molecule has 3 rings (SSSR count). The zero-order valence-electron chi connectivity index (χ0n) is 15.0. The fourth-order valence-corrected chi connectivity index (χ4v) is 3.87. The van der Waals surface area contributed by atoms with Crippen LogP contribution in [0, 0.1) is 20.8 Å². The highest BCUT2D eigenvalue weighted by atomic mass is 28.2. The Labute approximate surface area is 151 Å². The monoisotopic (exact) mass is 347 g/mol. The Bertz CT molecular complexity index is 879. The van der Waals surface area contributed by atoms with E-state index in [1.165, 1.54) is 21.5 Å². The van der Waals surface area contributed by atoms with E-state index in [-0.39, 0.29) is 0 Å². The molecule has 0 unspecified atom stereocenters. The van der Waals surface area contributed by atoms with Gasteiger partial charge in [-0.15, -0.1) is 0 Å². The molecule has 1 aromatic heterocycles. The van der Waals surface area contributed by atoms with E-state index < -0.39 is 0 Å². The number of hydrogen-bond acceptors (Lipinski definition) is 3. The van der Waals surface area contributed by atoms with Crippen molar-refractivity contribution in [3.05, 3.63) is 71.3 Å². The number of aromatic nitrogens is 1. The number of aryl methyl sites for hydroxylation is 1. The predicted molar refractivity (Wildman–Crippen MR) is 103 cm³/mol. The van der Waals surface area contributed by atoms with Gasteiger partial charge in [0.15, 0.2) is 0 Å². The summed E-state index contributed by atoms with van der Waals surface area (Å²) in [5.74, 6) is 1.94. The lowest BCUT2D eigenvalue weighted by atomic mass is 10.1. The van der Waals surface area contributed by atoms with Gasteiger partial charge in [0.2, 0.25) is 11.8 Å². The van der Waals surface area contributed by atoms with Crippen LogP contribution in [0.1, 0.15) is 16.7 Å². The summed E-state index contributed by atoms with van der Waals surface area (Å²) in [6, 6.07) is 18.2. The molecule has 0 aliphatic heterocycles. The van der Waals surface area contributed by atoms with Gasteiger partial charge in [-0.3, -0.25) is 0 Å². The van der Waals surface area contributed by atoms with Crippen molar-refractivity contribution in [2.24, 2.45) is 0 Å². The zero-order valence-corrected chi connectivity index (χ0v) is 16.0. The average Bonchev–Trinajstić information content (AvgIpc) is 2.63. The van der Waals surface area contributed by atoms with Crippen molar-refractivity contribution in [3.63, 3.8) is 0 Å². The van der Waals surface area contributed by atoms with Crippen molar-refractivity contribution in [3.8, 4) is 17.5 Å². The molecule has 4 heteroatoms. The van der Waals surface area contributed by atoms with E-state index in [9.17, 15) is 0 Å². The topological polar surface area (TPSA) is 31.4 Å². The summed E-state index contributed by atoms with van der Waals surface area (Å²) < 4.78 is 11.4. The quantitative estimate of drug-likeness (QED) is 0.662. The summed E-state index contributed by atoms with van der Waals surface area (Å²) in [6.45, 7) is 6.37. The highest BCUT2D eigenvalue weighted by Gasteiger charge is 2.14. The Kier molecular flexibility index (Phi) is 5.19. The summed E-state index contributed by atoms with van der Waals surface area (Å²) in [4.78, 5) is 4.49. The lowest BCUT2D eigenvalue weighted by Gasteiger charge is -2.14. The first kappa shape index (κ1) is 17.2. The molecule has 0 amide bonds. The predicted octanol–water partition coefficient (Wildman–Crippen LogP) is 3.46. The maximum absolute atomic E-state index is 6.00. The number of nitrogens with zero attached hydrogens (tertiary/aromatic N) is 1. The van der Waals surface area contributed by atoms with Crippen LogP contribution in [0.25, 0.3) is 0 Å². The normalized spacial score (nSPS) is 10.6. The van der Waals surface area contributed by atoms with Crippen LogP contribution >= 0.6 is 0 Å². The smallest absolute Gasteiger partial charge is 0.225 e. The molecule has 0 fully saturated rings. The zero-order chi connectivity index (χ0) is 17.8. The molecule has 0 atom stereocenters. The lowest BCUT2D eigenvalue weighted by Crippen LogP contribution is -2.31. The highest BCUT2D eigenvalue weighted by Crippen LogP contribution is 2.24. The third kappa shape index (κ3) is 3.91. The first-order valence-corrected chi connectivity index (χ1v) is 9.20. The maximum atomic E-state index is 6.00. The standard InChI is InChI=1S/C21H21NO2Si/c1-14-9-8-12-18(15(14)2)25-19-13-20(23-4)22-21(16(19)3)24-17-10-6-5-7-11-17/h5-13H,1-4H3. The molecule has 126 valence electrons. The molecular formula is C21H21NO2Si. The lowest BCUT2D eigenvalue weighted by molar-refractivity contribution is 0.383. The second kappa shape index (κ2) is 7.53. The number of para-hydroxylation sites is 1. The van der Waals surface area contributed by atoms with Crippen LogP contribution < -0.4 is 19.8 Å². The van der Waals surface area contributed by atoms with Crippen LogP contribution in [0.2, 0.25) is 0 Å². The number of ether oxygens (including phenoxy) is 2. The highest BCUT2D eigenvalue weighted by molar-refractivity contribution is 6.68. The van der Waals surface area contributed by atoms with Crippen molar-refractivity contribution in [2.45, 2.75) is 20.8 Å². The van der Waals surface area contributed by atoms with Crippen molar-refractivity contribution in [1.82, 2.24) is 4.98 Å². The summed E-state index contributed by atoms with van der Waals surface area (Å²) in [5.41, 5.74) is 3.69. The molecule has 2 radical (unpaired) electrons. The van der Waals surface area contributed by atoms with E-state index in [0.717, 1.165) is 11.3 Å². The summed E-state index contributed by atoms with van der Waals surface area (Å²) >= 11 is 0. The van der Waals surface area contributed by atoms with Gasteiger partial charge in [-0.25, -0.2) is 0 Å². The Morgan fingerprint density at radius 2 is 1.60 bits per heavy atom. The molecule has 1 heterocycles. The molecule has 3 aromatic rings. The van der Waals surface area contributed by atoms with E-state index in [4.69, 9.17) is 9.47 Å². The van der Waals surface area contributed by atoms with Gasteiger partial charge in [0.25, 0.3) is 0 Å². The molecular weight excluding hydrogens is 326 g/mol. The van der Waals surface area contributed by atoms with Gasteiger partial charge in [0.05, 0.1) is 7.11 Å². The van der Waals surface area contributed by atoms with Gasteiger partial charge in [0.1, 0.15) is 15.3 Å². The number of rotatable bonds is 5. The molecule has 0 spiro atoms. The summed E-state index contributed by atoms with van der Waals surface area (Å²) in [6.07, 6.45) is 0. The average molecular weight is 347 g/mol. The molecule has 0 N–H and O–H groups in total. The molecule has 0 saturated heterocycles. The van der Waals surface area contributed by atoms with Gasteiger partial charge >= 0.3 is 0 Å². The van der Waals surface area contributed by atoms with Gasteiger partial charge in [-0.2, -0.15) is 4.98 Å². The molecule has 3 nitrogen and oxygen atoms in total. The van der Waals surface area contributed by atoms with Gasteiger partial charge in [-0.05, 0) is 55.3 Å². The van der Waals surface area contributed by atoms with Crippen molar-refractivity contribution in [1.29, 1.82) is 0 Å². The van der Waals surface area contributed by atoms with Crippen LogP contribution in [0.15, 0.2) is 54.6 Å². The number of benzene rings is 2. The van der Waals surface area contributed by atoms with E-state index in [1.807, 2.05) is 36.4 Å². The van der Waals surface area contributed by atoms with E-state index in [1.54, 1.807) is 7.11 Å². The fraction of sp³-hybridized carbons (Fsp3) is 0.190. The van der Waals surface area contributed by atoms with Crippen LogP contribution in [-0.2, 0) is 0 Å². The van der Waals surface area contributed by atoms with Crippen LogP contribution in [0.4, 0.5) is 0 Å². The van der Waals surface area contributed by atoms with Crippen molar-refractivity contribution in [2.75, 3.05) is 7.11 Å². The van der Waals surface area contributed by atoms with Crippen LogP contribution in [-0.4, -0.2) is 21.6 Å². The minimum absolute atomic E-state index is 0.527. The largest absolute Gasteiger partial charge is 0.481 e. The molecule has 25 heavy (non-hydrogen) atoms. The third-order valence-electron chi connectivity index (χ3n) is 4.25. The number of pyridine rings is 1. The Morgan fingerprint density at radius 1 is 0.840 bits per heavy atom. The molecule has 0 saturated carbocycles. The Morgan fingerprint density at radius 3 is 2.32 bits per heavy atom. The molecule has 0 bridgehead atoms. The third-order valence-corrected chi connectivity index (χ3v) is 5.84. The van der Waals surface area contributed by atoms with E-state index in [0.29, 0.717) is 21.3 Å². The first-order chi connectivity index (χ1) is 12.1. The SMILES string of the molecule is COc1cc([Si]c2cccc(C)c2C)c(C)c(Oc2ccccc2)n1. The van der Waals surface area contributed by atoms with Crippen LogP contribution in [0.5, 0.6) is 17.5 Å². The molecule has 2 aromatic carbocycles. The van der Waals surface area contributed by atoms with Gasteiger partial charge in [-0.1, -0.05) is 41.6 Å². The van der Waals surface area contributed by atoms with Gasteiger partial charge < -0.3 is 9.47 Å². The van der Waals surface area contributed by atoms with Crippen molar-refractivity contribution < 1.29 is 9.47 Å². The summed E-state index contributed by atoms with van der Waals surface area (Å²) in [7, 11) is 2.16. The first-order valence-electron chi connectivity index (χ1n) is 8.20. The molecule has 0 aliphatic carbocycles. The second-order valence-corrected chi connectivity index (χ2v) is 7.26. The van der Waals surface area contributed by atoms with E-state index in [2.05, 4.69) is 44.0 Å². The minimum atomic E-state index is 0.527. The Hall–Kier alpha value is -2.59. The van der Waals surface area contributed by atoms with E-state index >= 15 is 0 Å². The number of methoxy groups -OCH3 is 1. The fourth-order valence-electron chi connectivity index (χ4n) is 2.53. The maximum Gasteiger partial charge on any atom is 0.225 e. The minimum Gasteiger partial charge on any atom is -0.481 e. The van der Waals surface area contributed by atoms with Gasteiger partial charge in [0, 0.05) is 5.56 Å². The van der Waals surface area contributed by atoms with Crippen molar-refractivity contribution >= 4 is 19.9 Å². The summed E-state index contributed by atoms with van der Waals surface area (Å²) in [5, 5.41) is 2.52.